The van der Waals surface area contributed by atoms with Crippen LogP contribution < -0.4 is 5.73 Å². The minimum absolute atomic E-state index is 0.218. The molecule has 0 aliphatic rings. The molecule has 0 saturated heterocycles. The summed E-state index contributed by atoms with van der Waals surface area (Å²) in [4.78, 5) is 15.5. The number of aromatic nitrogens is 3. The molecule has 0 bridgehead atoms. The quantitative estimate of drug-likeness (QED) is 0.857. The number of nitrogen functional groups attached to an aromatic ring is 1. The van der Waals surface area contributed by atoms with Gasteiger partial charge in [-0.2, -0.15) is 0 Å². The standard InChI is InChI=1S/C10H10N4O2S2/c1-5-13-14-10(17-5)18-8-6(11)3-4-7(12-8)9(15)16-2/h3-4H,11H2,1-2H3. The van der Waals surface area contributed by atoms with Crippen LogP contribution in [0.4, 0.5) is 5.69 Å². The first-order chi connectivity index (χ1) is 8.60. The number of carbonyl (C=O) groups is 1. The molecular formula is C10H10N4O2S2. The zero-order valence-electron chi connectivity index (χ0n) is 9.71. The van der Waals surface area contributed by atoms with Crippen molar-refractivity contribution in [1.82, 2.24) is 15.2 Å². The lowest BCUT2D eigenvalue weighted by Crippen LogP contribution is -2.05. The highest BCUT2D eigenvalue weighted by atomic mass is 32.2. The topological polar surface area (TPSA) is 91.0 Å². The van der Waals surface area contributed by atoms with E-state index >= 15 is 0 Å². The number of rotatable bonds is 3. The molecule has 8 heteroatoms. The lowest BCUT2D eigenvalue weighted by Gasteiger charge is -2.04. The van der Waals surface area contributed by atoms with Crippen molar-refractivity contribution >= 4 is 34.8 Å². The van der Waals surface area contributed by atoms with Gasteiger partial charge in [-0.25, -0.2) is 9.78 Å². The molecule has 0 amide bonds. The van der Waals surface area contributed by atoms with Crippen LogP contribution in [0.25, 0.3) is 0 Å². The summed E-state index contributed by atoms with van der Waals surface area (Å²) in [6.45, 7) is 1.86. The first kappa shape index (κ1) is 12.8. The highest BCUT2D eigenvalue weighted by Gasteiger charge is 2.13. The zero-order valence-corrected chi connectivity index (χ0v) is 11.3. The van der Waals surface area contributed by atoms with Gasteiger partial charge in [0.2, 0.25) is 0 Å². The highest BCUT2D eigenvalue weighted by Crippen LogP contribution is 2.32. The molecule has 0 aliphatic carbocycles. The van der Waals surface area contributed by atoms with Gasteiger partial charge in [0.1, 0.15) is 15.7 Å². The van der Waals surface area contributed by atoms with Gasteiger partial charge in [-0.05, 0) is 30.8 Å². The maximum absolute atomic E-state index is 11.4. The predicted molar refractivity (Wildman–Crippen MR) is 68.8 cm³/mol. The second-order valence-electron chi connectivity index (χ2n) is 3.27. The molecule has 0 atom stereocenters. The van der Waals surface area contributed by atoms with E-state index in [0.29, 0.717) is 10.7 Å². The molecule has 0 spiro atoms. The van der Waals surface area contributed by atoms with Crippen LogP contribution in [0.1, 0.15) is 15.5 Å². The Morgan fingerprint density at radius 3 is 2.83 bits per heavy atom. The molecule has 6 nitrogen and oxygen atoms in total. The number of methoxy groups -OCH3 is 1. The van der Waals surface area contributed by atoms with Crippen LogP contribution in [-0.2, 0) is 4.74 Å². The zero-order chi connectivity index (χ0) is 13.1. The van der Waals surface area contributed by atoms with Crippen LogP contribution in [0.5, 0.6) is 0 Å². The van der Waals surface area contributed by atoms with Gasteiger partial charge in [0.15, 0.2) is 4.34 Å². The molecule has 0 aromatic carbocycles. The molecule has 2 rings (SSSR count). The summed E-state index contributed by atoms with van der Waals surface area (Å²) >= 11 is 2.72. The number of hydrogen-bond acceptors (Lipinski definition) is 8. The Kier molecular flexibility index (Phi) is 3.78. The summed E-state index contributed by atoms with van der Waals surface area (Å²) in [5, 5.41) is 9.25. The monoisotopic (exact) mass is 282 g/mol. The number of nitrogens with two attached hydrogens (primary N) is 1. The summed E-state index contributed by atoms with van der Waals surface area (Å²) in [6.07, 6.45) is 0. The molecular weight excluding hydrogens is 272 g/mol. The first-order valence-electron chi connectivity index (χ1n) is 4.93. The average Bonchev–Trinajstić information content (AvgIpc) is 2.76. The van der Waals surface area contributed by atoms with Crippen LogP contribution in [0.2, 0.25) is 0 Å². The number of nitrogens with zero attached hydrogens (tertiary/aromatic N) is 3. The van der Waals surface area contributed by atoms with Gasteiger partial charge in [-0.15, -0.1) is 10.2 Å². The summed E-state index contributed by atoms with van der Waals surface area (Å²) in [5.41, 5.74) is 6.51. The van der Waals surface area contributed by atoms with E-state index in [2.05, 4.69) is 19.9 Å². The van der Waals surface area contributed by atoms with Crippen molar-refractivity contribution in [2.24, 2.45) is 0 Å². The minimum Gasteiger partial charge on any atom is -0.464 e. The Labute approximate surface area is 112 Å². The van der Waals surface area contributed by atoms with Crippen molar-refractivity contribution in [3.8, 4) is 0 Å². The van der Waals surface area contributed by atoms with Crippen molar-refractivity contribution in [1.29, 1.82) is 0 Å². The maximum Gasteiger partial charge on any atom is 0.356 e. The number of aryl methyl sites for hydroxylation is 1. The summed E-state index contributed by atoms with van der Waals surface area (Å²) in [6, 6.07) is 3.14. The van der Waals surface area contributed by atoms with Gasteiger partial charge in [0.05, 0.1) is 12.8 Å². The van der Waals surface area contributed by atoms with Gasteiger partial charge < -0.3 is 10.5 Å². The van der Waals surface area contributed by atoms with Crippen molar-refractivity contribution in [3.63, 3.8) is 0 Å². The van der Waals surface area contributed by atoms with E-state index in [4.69, 9.17) is 5.73 Å². The van der Waals surface area contributed by atoms with Gasteiger partial charge >= 0.3 is 5.97 Å². The van der Waals surface area contributed by atoms with Gasteiger partial charge in [-0.3, -0.25) is 0 Å². The Hall–Kier alpha value is -1.67. The number of esters is 1. The van der Waals surface area contributed by atoms with Crippen LogP contribution in [0, 0.1) is 6.92 Å². The van der Waals surface area contributed by atoms with Crippen LogP contribution >= 0.6 is 23.1 Å². The lowest BCUT2D eigenvalue weighted by molar-refractivity contribution is 0.0593. The molecule has 2 N–H and O–H groups in total. The smallest absolute Gasteiger partial charge is 0.356 e. The Bertz CT molecular complexity index is 585. The van der Waals surface area contributed by atoms with E-state index in [9.17, 15) is 4.79 Å². The molecule has 2 aromatic heterocycles. The summed E-state index contributed by atoms with van der Waals surface area (Å²) < 4.78 is 5.34. The number of carbonyl (C=O) groups excluding carboxylic acids is 1. The van der Waals surface area contributed by atoms with E-state index in [1.165, 1.54) is 36.3 Å². The summed E-state index contributed by atoms with van der Waals surface area (Å²) in [5.74, 6) is -0.495. The molecule has 0 saturated carbocycles. The molecule has 0 aliphatic heterocycles. The number of anilines is 1. The molecule has 0 fully saturated rings. The van der Waals surface area contributed by atoms with Crippen molar-refractivity contribution < 1.29 is 9.53 Å². The largest absolute Gasteiger partial charge is 0.464 e. The Balaban J connectivity index is 2.29. The van der Waals surface area contributed by atoms with E-state index in [-0.39, 0.29) is 5.69 Å². The molecule has 0 unspecified atom stereocenters. The van der Waals surface area contributed by atoms with Gasteiger partial charge in [0, 0.05) is 0 Å². The Morgan fingerprint density at radius 2 is 2.22 bits per heavy atom. The van der Waals surface area contributed by atoms with E-state index < -0.39 is 5.97 Å². The number of pyridine rings is 1. The van der Waals surface area contributed by atoms with Crippen molar-refractivity contribution in [2.75, 3.05) is 12.8 Å². The third-order valence-corrected chi connectivity index (χ3v) is 3.89. The molecule has 0 radical (unpaired) electrons. The third-order valence-electron chi connectivity index (χ3n) is 1.98. The third kappa shape index (κ3) is 2.77. The first-order valence-corrected chi connectivity index (χ1v) is 6.56. The van der Waals surface area contributed by atoms with Crippen LogP contribution in [-0.4, -0.2) is 28.3 Å². The van der Waals surface area contributed by atoms with E-state index in [1.807, 2.05) is 6.92 Å². The Morgan fingerprint density at radius 1 is 1.44 bits per heavy atom. The second-order valence-corrected chi connectivity index (χ2v) is 5.69. The number of ether oxygens (including phenoxy) is 1. The minimum atomic E-state index is -0.495. The van der Waals surface area contributed by atoms with Gasteiger partial charge in [-0.1, -0.05) is 11.3 Å². The normalized spacial score (nSPS) is 10.3. The fourth-order valence-corrected chi connectivity index (χ4v) is 2.91. The molecule has 2 aromatic rings. The number of hydrogen-bond donors (Lipinski definition) is 1. The van der Waals surface area contributed by atoms with Crippen molar-refractivity contribution in [2.45, 2.75) is 16.3 Å². The summed E-state index contributed by atoms with van der Waals surface area (Å²) in [7, 11) is 1.31. The molecule has 2 heterocycles. The van der Waals surface area contributed by atoms with Gasteiger partial charge in [0.25, 0.3) is 0 Å². The highest BCUT2D eigenvalue weighted by molar-refractivity contribution is 8.01. The fourth-order valence-electron chi connectivity index (χ4n) is 1.15. The predicted octanol–water partition coefficient (Wildman–Crippen LogP) is 1.76. The van der Waals surface area contributed by atoms with Crippen LogP contribution in [0.3, 0.4) is 0 Å². The molecule has 18 heavy (non-hydrogen) atoms. The maximum atomic E-state index is 11.4. The lowest BCUT2D eigenvalue weighted by atomic mass is 10.3. The van der Waals surface area contributed by atoms with Crippen molar-refractivity contribution in [3.05, 3.63) is 22.8 Å². The van der Waals surface area contributed by atoms with E-state index in [1.54, 1.807) is 6.07 Å². The SMILES string of the molecule is COC(=O)c1ccc(N)c(Sc2nnc(C)s2)n1. The molecule has 94 valence electrons. The average molecular weight is 282 g/mol. The fraction of sp³-hybridized carbons (Fsp3) is 0.200. The van der Waals surface area contributed by atoms with E-state index in [0.717, 1.165) is 9.35 Å². The second kappa shape index (κ2) is 5.32. The van der Waals surface area contributed by atoms with Crippen LogP contribution in [0.15, 0.2) is 21.5 Å².